The molecule has 1 fully saturated rings. The number of benzene rings is 2. The molecule has 1 saturated heterocycles. The maximum atomic E-state index is 13.8. The lowest BCUT2D eigenvalue weighted by Gasteiger charge is -2.32. The number of aromatic nitrogens is 3. The molecule has 1 atom stereocenters. The molecule has 0 bridgehead atoms. The number of nitrogens with zero attached hydrogens (tertiary/aromatic N) is 3. The van der Waals surface area contributed by atoms with E-state index in [0.717, 1.165) is 29.5 Å². The first-order chi connectivity index (χ1) is 21.7. The third kappa shape index (κ3) is 8.01. The predicted molar refractivity (Wildman–Crippen MR) is 145 cm³/mol. The van der Waals surface area contributed by atoms with Crippen molar-refractivity contribution in [1.82, 2.24) is 20.0 Å². The van der Waals surface area contributed by atoms with Gasteiger partial charge in [-0.25, -0.2) is 18.6 Å². The first kappa shape index (κ1) is 33.3. The quantitative estimate of drug-likeness (QED) is 0.174. The van der Waals surface area contributed by atoms with Gasteiger partial charge < -0.3 is 9.47 Å². The van der Waals surface area contributed by atoms with Crippen molar-refractivity contribution in [2.24, 2.45) is 5.92 Å². The minimum Gasteiger partial charge on any atom is -0.488 e. The molecule has 2 aromatic heterocycles. The molecule has 0 saturated carbocycles. The Labute approximate surface area is 257 Å². The highest BCUT2D eigenvalue weighted by Gasteiger charge is 2.41. The molecule has 0 spiro atoms. The van der Waals surface area contributed by atoms with Crippen molar-refractivity contribution in [3.05, 3.63) is 69.1 Å². The van der Waals surface area contributed by atoms with Gasteiger partial charge >= 0.3 is 24.5 Å². The summed E-state index contributed by atoms with van der Waals surface area (Å²) in [6, 6.07) is 7.98. The molecule has 1 N–H and O–H groups in total. The van der Waals surface area contributed by atoms with E-state index in [1.165, 1.54) is 24.3 Å². The van der Waals surface area contributed by atoms with Crippen LogP contribution in [0.5, 0.6) is 11.5 Å². The van der Waals surface area contributed by atoms with Crippen molar-refractivity contribution in [2.45, 2.75) is 51.1 Å². The minimum atomic E-state index is -4.55. The lowest BCUT2D eigenvalue weighted by atomic mass is 9.96. The molecule has 18 heteroatoms. The van der Waals surface area contributed by atoms with Crippen molar-refractivity contribution >= 4 is 11.3 Å². The summed E-state index contributed by atoms with van der Waals surface area (Å²) >= 11 is 1.08. The number of alkyl halides is 9. The van der Waals surface area contributed by atoms with Gasteiger partial charge in [-0.2, -0.15) is 30.7 Å². The third-order valence-electron chi connectivity index (χ3n) is 7.12. The number of likely N-dealkylation sites (tertiary alicyclic amines) is 1. The van der Waals surface area contributed by atoms with E-state index in [-0.39, 0.29) is 56.2 Å². The van der Waals surface area contributed by atoms with Gasteiger partial charge in [-0.05, 0) is 50.2 Å². The van der Waals surface area contributed by atoms with E-state index in [9.17, 15) is 44.3 Å². The van der Waals surface area contributed by atoms with Crippen molar-refractivity contribution in [3.63, 3.8) is 0 Å². The third-order valence-corrected chi connectivity index (χ3v) is 8.24. The highest BCUT2D eigenvalue weighted by Crippen LogP contribution is 2.38. The summed E-state index contributed by atoms with van der Waals surface area (Å²) in [6.07, 6.45) is -15.6. The first-order valence-corrected chi connectivity index (χ1v) is 14.4. The molecule has 0 radical (unpaired) electrons. The molecule has 4 aromatic rings. The molecular formula is C28H23F9N4O4S. The Balaban J connectivity index is 1.40. The Morgan fingerprint density at radius 1 is 1.02 bits per heavy atom. The van der Waals surface area contributed by atoms with Crippen LogP contribution < -0.4 is 15.2 Å². The van der Waals surface area contributed by atoms with Gasteiger partial charge in [-0.15, -0.1) is 11.3 Å². The number of rotatable bonds is 10. The fraction of sp³-hybridized carbons (Fsp3) is 0.393. The van der Waals surface area contributed by atoms with Crippen molar-refractivity contribution in [3.8, 4) is 33.5 Å². The number of H-pyrrole nitrogens is 1. The van der Waals surface area contributed by atoms with Crippen LogP contribution in [0.25, 0.3) is 22.0 Å². The molecule has 1 aliphatic heterocycles. The zero-order chi connectivity index (χ0) is 33.2. The second kappa shape index (κ2) is 13.4. The average molecular weight is 683 g/mol. The van der Waals surface area contributed by atoms with Gasteiger partial charge in [0.15, 0.2) is 5.82 Å². The van der Waals surface area contributed by atoms with Gasteiger partial charge in [-0.1, -0.05) is 17.3 Å². The Morgan fingerprint density at radius 2 is 1.72 bits per heavy atom. The van der Waals surface area contributed by atoms with Crippen molar-refractivity contribution in [2.75, 3.05) is 13.1 Å². The van der Waals surface area contributed by atoms with Crippen molar-refractivity contribution in [1.29, 1.82) is 0 Å². The summed E-state index contributed by atoms with van der Waals surface area (Å²) in [5.41, 5.74) is -0.168. The molecular weight excluding hydrogens is 659 g/mol. The molecule has 1 unspecified atom stereocenters. The molecule has 2 aromatic carbocycles. The van der Waals surface area contributed by atoms with E-state index in [1.807, 2.05) is 0 Å². The van der Waals surface area contributed by atoms with Gasteiger partial charge in [0, 0.05) is 18.2 Å². The van der Waals surface area contributed by atoms with Crippen LogP contribution in [0.4, 0.5) is 39.5 Å². The van der Waals surface area contributed by atoms with Gasteiger partial charge in [-0.3, -0.25) is 14.4 Å². The lowest BCUT2D eigenvalue weighted by molar-refractivity contribution is -0.185. The molecule has 3 heterocycles. The summed E-state index contributed by atoms with van der Waals surface area (Å²) < 4.78 is 133. The van der Waals surface area contributed by atoms with Crippen LogP contribution in [-0.2, 0) is 19.3 Å². The molecule has 46 heavy (non-hydrogen) atoms. The smallest absolute Gasteiger partial charge is 0.439 e. The molecule has 8 nitrogen and oxygen atoms in total. The van der Waals surface area contributed by atoms with Gasteiger partial charge in [0.1, 0.15) is 23.1 Å². The number of thiazole rings is 1. The van der Waals surface area contributed by atoms with Crippen LogP contribution in [0, 0.1) is 5.92 Å². The fourth-order valence-corrected chi connectivity index (χ4v) is 5.72. The number of hydrogen-bond donors (Lipinski definition) is 1. The number of halogens is 9. The predicted octanol–water partition coefficient (Wildman–Crippen LogP) is 7.47. The first-order valence-electron chi connectivity index (χ1n) is 13.5. The number of hydrogen-bond acceptors (Lipinski definition) is 8. The van der Waals surface area contributed by atoms with Crippen LogP contribution in [0.15, 0.2) is 51.8 Å². The van der Waals surface area contributed by atoms with E-state index in [1.54, 1.807) is 4.90 Å². The van der Waals surface area contributed by atoms with Crippen LogP contribution >= 0.6 is 11.3 Å². The van der Waals surface area contributed by atoms with Crippen LogP contribution in [-0.4, -0.2) is 52.1 Å². The van der Waals surface area contributed by atoms with E-state index >= 15 is 0 Å². The van der Waals surface area contributed by atoms with E-state index in [0.29, 0.717) is 21.1 Å². The number of nitrogens with one attached hydrogen (secondary N) is 1. The number of piperidine rings is 1. The largest absolute Gasteiger partial charge is 0.488 e. The topological polar surface area (TPSA) is 93.5 Å². The highest BCUT2D eigenvalue weighted by atomic mass is 32.1. The van der Waals surface area contributed by atoms with Gasteiger partial charge in [0.2, 0.25) is 0 Å². The second-order valence-electron chi connectivity index (χ2n) is 10.2. The highest BCUT2D eigenvalue weighted by molar-refractivity contribution is 7.15. The van der Waals surface area contributed by atoms with E-state index in [4.69, 9.17) is 9.47 Å². The normalized spacial score (nSPS) is 15.8. The van der Waals surface area contributed by atoms with Gasteiger partial charge in [0.25, 0.3) is 6.36 Å². The zero-order valence-electron chi connectivity index (χ0n) is 23.3. The molecule has 5 rings (SSSR count). The Bertz CT molecular complexity index is 1680. The van der Waals surface area contributed by atoms with Crippen LogP contribution in [0.3, 0.4) is 0 Å². The summed E-state index contributed by atoms with van der Waals surface area (Å²) in [7, 11) is 0. The maximum absolute atomic E-state index is 13.8. The summed E-state index contributed by atoms with van der Waals surface area (Å²) in [5.74, 6) is -3.07. The number of ether oxygens (including phenoxy) is 2. The van der Waals surface area contributed by atoms with Gasteiger partial charge in [0.05, 0.1) is 27.6 Å². The SMILES string of the molecule is O=c1[nH]c(-c2ccc(OCc3sc(-c4ccc(C(F)(F)F)cc4)nc3CN3CCC(C(F)(F)F)CC3)cc2OC(F)C(F)F)no1. The fourth-order valence-electron chi connectivity index (χ4n) is 4.73. The van der Waals surface area contributed by atoms with Crippen LogP contribution in [0.2, 0.25) is 0 Å². The summed E-state index contributed by atoms with van der Waals surface area (Å²) in [6.45, 7) is 0.197. The zero-order valence-corrected chi connectivity index (χ0v) is 24.1. The molecule has 248 valence electrons. The molecule has 0 aliphatic carbocycles. The van der Waals surface area contributed by atoms with Crippen LogP contribution in [0.1, 0.15) is 29.0 Å². The Morgan fingerprint density at radius 3 is 2.30 bits per heavy atom. The molecule has 1 aliphatic rings. The van der Waals surface area contributed by atoms with E-state index in [2.05, 4.69) is 19.6 Å². The number of aromatic amines is 1. The average Bonchev–Trinajstić information content (AvgIpc) is 3.61. The Hall–Kier alpha value is -4.06. The van der Waals surface area contributed by atoms with E-state index < -0.39 is 48.1 Å². The molecule has 0 amide bonds. The lowest BCUT2D eigenvalue weighted by Crippen LogP contribution is -2.38. The van der Waals surface area contributed by atoms with Crippen molar-refractivity contribution < 1.29 is 53.5 Å². The summed E-state index contributed by atoms with van der Waals surface area (Å²) in [4.78, 5) is 20.4. The minimum absolute atomic E-state index is 0.00693. The second-order valence-corrected chi connectivity index (χ2v) is 11.3. The Kier molecular flexibility index (Phi) is 9.67. The standard InChI is InChI=1S/C28H23F9N4O4S/c29-22(30)23(31)44-20-11-17(5-6-18(20)24-39-26(42)45-40-24)43-13-21-19(12-41-9-7-16(8-10-41)28(35,36)37)38-25(46-21)14-1-3-15(4-2-14)27(32,33)34/h1-6,11,16,22-23H,7-10,12-13H2,(H,39,40,42). The maximum Gasteiger partial charge on any atom is 0.439 e. The monoisotopic (exact) mass is 682 g/mol. The summed E-state index contributed by atoms with van der Waals surface area (Å²) in [5, 5.41) is 3.78.